The summed E-state index contributed by atoms with van der Waals surface area (Å²) in [5.74, 6) is 6.60. The van der Waals surface area contributed by atoms with Crippen LogP contribution in [0.15, 0.2) is 175 Å². The summed E-state index contributed by atoms with van der Waals surface area (Å²) >= 11 is 8.61. The largest absolute Gasteiger partial charge is 0.472 e. The number of nitrogens with zero attached hydrogens (tertiary/aromatic N) is 4. The minimum atomic E-state index is 0.459. The summed E-state index contributed by atoms with van der Waals surface area (Å²) < 4.78 is 23.1. The fraction of sp³-hybridized carbons (Fsp3) is 0.408. The lowest BCUT2D eigenvalue weighted by Crippen LogP contribution is -1.88. The Hall–Kier alpha value is -5.76. The first kappa shape index (κ1) is 71.5. The highest BCUT2D eigenvalue weighted by Crippen LogP contribution is 2.26. The molecule has 83 heavy (non-hydrogen) atoms. The number of fused-ring (bicyclic) bond motifs is 2. The van der Waals surface area contributed by atoms with Crippen LogP contribution in [-0.4, -0.2) is 19.1 Å². The monoisotopic (exact) mass is 1210 g/mol. The van der Waals surface area contributed by atoms with Crippen LogP contribution in [0.4, 0.5) is 0 Å². The molecule has 0 amide bonds. The molecular formula is C71H96N4O3S5. The Labute approximate surface area is 520 Å². The Kier molecular flexibility index (Phi) is 33.6. The highest BCUT2D eigenvalue weighted by molar-refractivity contribution is 7.12. The quantitative estimate of drug-likeness (QED) is 0.142. The smallest absolute Gasteiger partial charge is 0.138 e. The van der Waals surface area contributed by atoms with Gasteiger partial charge >= 0.3 is 0 Å². The zero-order valence-electron chi connectivity index (χ0n) is 53.3. The molecule has 0 fully saturated rings. The lowest BCUT2D eigenvalue weighted by molar-refractivity contribution is 0.315. The summed E-state index contributed by atoms with van der Waals surface area (Å²) in [7, 11) is 0. The van der Waals surface area contributed by atoms with Crippen molar-refractivity contribution in [2.24, 2.45) is 0 Å². The molecule has 12 heteroatoms. The van der Waals surface area contributed by atoms with Gasteiger partial charge in [-0.05, 0) is 187 Å². The summed E-state index contributed by atoms with van der Waals surface area (Å²) in [4.78, 5) is 5.80. The van der Waals surface area contributed by atoms with Crippen LogP contribution in [0, 0.1) is 13.8 Å². The molecule has 8 aromatic heterocycles. The number of furan rings is 2. The zero-order valence-corrected chi connectivity index (χ0v) is 57.4. The van der Waals surface area contributed by atoms with Crippen LogP contribution in [0.25, 0.3) is 22.1 Å². The Balaban J connectivity index is 0.000000246. The van der Waals surface area contributed by atoms with Crippen LogP contribution < -0.4 is 0 Å². The minimum Gasteiger partial charge on any atom is -0.472 e. The van der Waals surface area contributed by atoms with Crippen LogP contribution >= 0.6 is 57.1 Å². The number of benzene rings is 3. The van der Waals surface area contributed by atoms with Crippen LogP contribution in [0.3, 0.4) is 0 Å². The minimum absolute atomic E-state index is 0.459. The van der Waals surface area contributed by atoms with Crippen molar-refractivity contribution in [1.82, 2.24) is 19.1 Å². The molecule has 0 N–H and O–H groups in total. The maximum atomic E-state index is 5.09. The van der Waals surface area contributed by atoms with Crippen molar-refractivity contribution in [1.29, 1.82) is 0 Å². The van der Waals surface area contributed by atoms with Crippen LogP contribution in [0.1, 0.15) is 237 Å². The van der Waals surface area contributed by atoms with E-state index in [2.05, 4.69) is 256 Å². The third kappa shape index (κ3) is 27.2. The van der Waals surface area contributed by atoms with Gasteiger partial charge in [0.05, 0.1) is 30.5 Å². The molecule has 0 aliphatic rings. The molecule has 0 aliphatic heterocycles. The molecule has 11 rings (SSSR count). The van der Waals surface area contributed by atoms with E-state index in [-0.39, 0.29) is 0 Å². The van der Waals surface area contributed by atoms with Crippen molar-refractivity contribution in [3.63, 3.8) is 0 Å². The molecule has 8 heterocycles. The maximum absolute atomic E-state index is 5.09. The van der Waals surface area contributed by atoms with Gasteiger partial charge in [-0.2, -0.15) is 20.1 Å². The first-order valence-electron chi connectivity index (χ1n) is 29.2. The van der Waals surface area contributed by atoms with Gasteiger partial charge in [-0.3, -0.25) is 0 Å². The number of hydrogen-bond donors (Lipinski definition) is 0. The first-order valence-corrected chi connectivity index (χ1v) is 33.4. The summed E-state index contributed by atoms with van der Waals surface area (Å²) in [5, 5.41) is 16.3. The van der Waals surface area contributed by atoms with Gasteiger partial charge in [-0.15, -0.1) is 34.0 Å². The van der Waals surface area contributed by atoms with Gasteiger partial charge in [0.25, 0.3) is 0 Å². The number of aromatic nitrogens is 4. The predicted molar refractivity (Wildman–Crippen MR) is 367 cm³/mol. The van der Waals surface area contributed by atoms with Crippen molar-refractivity contribution in [3.05, 3.63) is 220 Å². The topological polar surface area (TPSA) is 91.0 Å². The predicted octanol–water partition coefficient (Wildman–Crippen LogP) is 24.9. The van der Waals surface area contributed by atoms with E-state index in [0.717, 1.165) is 27.8 Å². The van der Waals surface area contributed by atoms with Crippen LogP contribution in [-0.2, 0) is 0 Å². The molecule has 0 saturated carbocycles. The van der Waals surface area contributed by atoms with Crippen molar-refractivity contribution in [2.75, 3.05) is 0 Å². The molecule has 0 radical (unpaired) electrons. The van der Waals surface area contributed by atoms with E-state index < -0.39 is 0 Å². The van der Waals surface area contributed by atoms with E-state index in [9.17, 15) is 0 Å². The Bertz CT molecular complexity index is 2990. The van der Waals surface area contributed by atoms with Gasteiger partial charge in [-0.25, -0.2) is 4.63 Å². The molecule has 11 aromatic rings. The van der Waals surface area contributed by atoms with E-state index in [4.69, 9.17) is 8.83 Å². The molecule has 3 aromatic carbocycles. The highest BCUT2D eigenvalue weighted by Gasteiger charge is 2.09. The zero-order chi connectivity index (χ0) is 61.4. The van der Waals surface area contributed by atoms with E-state index in [1.807, 2.05) is 82.5 Å². The number of thiophene rings is 4. The molecule has 448 valence electrons. The summed E-state index contributed by atoms with van der Waals surface area (Å²) in [5.41, 5.74) is 11.9. The summed E-state index contributed by atoms with van der Waals surface area (Å²) in [6.07, 6.45) is 5.19. The molecular weight excluding hydrogens is 1120 g/mol. The summed E-state index contributed by atoms with van der Waals surface area (Å²) in [6.45, 7) is 43.6. The van der Waals surface area contributed by atoms with E-state index in [1.165, 1.54) is 64.6 Å². The van der Waals surface area contributed by atoms with Gasteiger partial charge in [-0.1, -0.05) is 185 Å². The molecule has 0 unspecified atom stereocenters. The maximum Gasteiger partial charge on any atom is 0.138 e. The highest BCUT2D eigenvalue weighted by atomic mass is 32.1. The van der Waals surface area contributed by atoms with Crippen molar-refractivity contribution in [2.45, 2.75) is 192 Å². The molecule has 0 saturated heterocycles. The van der Waals surface area contributed by atoms with Gasteiger partial charge < -0.3 is 8.83 Å². The normalized spacial score (nSPS) is 10.7. The fourth-order valence-corrected chi connectivity index (χ4v) is 11.3. The van der Waals surface area contributed by atoms with E-state index >= 15 is 0 Å². The Morgan fingerprint density at radius 3 is 1.40 bits per heavy atom. The van der Waals surface area contributed by atoms with E-state index in [0.29, 0.717) is 53.3 Å². The van der Waals surface area contributed by atoms with Crippen molar-refractivity contribution in [3.8, 4) is 0 Å². The summed E-state index contributed by atoms with van der Waals surface area (Å²) in [6, 6.07) is 41.6. The lowest BCUT2D eigenvalue weighted by atomic mass is 10.0. The molecule has 7 nitrogen and oxygen atoms in total. The molecule has 0 spiro atoms. The Morgan fingerprint density at radius 2 is 1.02 bits per heavy atom. The molecule has 0 atom stereocenters. The van der Waals surface area contributed by atoms with E-state index in [1.54, 1.807) is 30.1 Å². The second-order valence-electron chi connectivity index (χ2n) is 22.8. The standard InChI is InChI=1S/C9H10N2O.C9H10N2S.C9H12.2C8H12S.2C7H10O.2C7H10S/c2*1-6(2)7-4-3-5-8-9(7)11-12-10-8;1-8(2)9-6-4-3-5-7-9;1-6(2)8-4-7(3)9-5-8;1-6(2)8-5-4-7(3)9-8;1-6(2)7-3-4-8-5-7;1-6(2)7-4-3-5-8-7;1-6(2)7-3-4-8-5-7;1-6(2)7-4-3-5-8-7/h2*3-6H,1-2H3;3-8H,1-2H3;2*4-6H,1-3H3;4*3-6H,1-2H3. The number of hydrogen-bond acceptors (Lipinski definition) is 12. The van der Waals surface area contributed by atoms with Crippen molar-refractivity contribution >= 4 is 79.1 Å². The second kappa shape index (κ2) is 39.0. The second-order valence-corrected chi connectivity index (χ2v) is 27.6. The van der Waals surface area contributed by atoms with Gasteiger partial charge in [0.1, 0.15) is 27.8 Å². The SMILES string of the molecule is CC(C)c1cccc2nonc12.CC(C)c1cccc2nsnc12.CC(C)c1ccccc1.CC(C)c1ccco1.CC(C)c1cccs1.CC(C)c1ccoc1.CC(C)c1ccsc1.Cc1cc(C(C)C)cs1.Cc1ccc(C(C)C)s1. The third-order valence-electron chi connectivity index (χ3n) is 12.7. The Morgan fingerprint density at radius 1 is 0.398 bits per heavy atom. The molecule has 0 aliphatic carbocycles. The first-order chi connectivity index (χ1) is 39.5. The average Bonchev–Trinajstić information content (AvgIpc) is 4.31. The average molecular weight is 1210 g/mol. The van der Waals surface area contributed by atoms with Crippen LogP contribution in [0.2, 0.25) is 0 Å². The van der Waals surface area contributed by atoms with Crippen LogP contribution in [0.5, 0.6) is 0 Å². The fourth-order valence-electron chi connectivity index (χ4n) is 7.40. The molecule has 0 bridgehead atoms. The van der Waals surface area contributed by atoms with Gasteiger partial charge in [0.2, 0.25) is 0 Å². The third-order valence-corrected chi connectivity index (χ3v) is 17.3. The van der Waals surface area contributed by atoms with Crippen molar-refractivity contribution < 1.29 is 13.5 Å². The number of rotatable bonds is 9. The van der Waals surface area contributed by atoms with Gasteiger partial charge in [0.15, 0.2) is 0 Å². The van der Waals surface area contributed by atoms with Gasteiger partial charge in [0, 0.05) is 25.4 Å². The lowest BCUT2D eigenvalue weighted by Gasteiger charge is -2.03. The number of aryl methyl sites for hydroxylation is 2.